The van der Waals surface area contributed by atoms with Crippen molar-refractivity contribution < 1.29 is 0 Å². The Kier molecular flexibility index (Phi) is 3.02. The van der Waals surface area contributed by atoms with Crippen LogP contribution < -0.4 is 0 Å². The molecule has 2 rings (SSSR count). The second-order valence-electron chi connectivity index (χ2n) is 3.50. The molecule has 1 aliphatic rings. The molecular formula is C13H12ClN. The molecule has 0 unspecified atom stereocenters. The lowest BCUT2D eigenvalue weighted by Gasteiger charge is -2.01. The molecular weight excluding hydrogens is 206 g/mol. The zero-order chi connectivity index (χ0) is 10.7. The van der Waals surface area contributed by atoms with Crippen LogP contribution in [0.5, 0.6) is 0 Å². The van der Waals surface area contributed by atoms with E-state index in [0.29, 0.717) is 0 Å². The summed E-state index contributed by atoms with van der Waals surface area (Å²) in [5.74, 6) is 0. The topological polar surface area (TPSA) is 12.4 Å². The van der Waals surface area contributed by atoms with Crippen molar-refractivity contribution in [2.24, 2.45) is 4.99 Å². The Hall–Kier alpha value is -1.34. The fourth-order valence-electron chi connectivity index (χ4n) is 1.53. The zero-order valence-corrected chi connectivity index (χ0v) is 9.33. The highest BCUT2D eigenvalue weighted by molar-refractivity contribution is 6.30. The van der Waals surface area contributed by atoms with Crippen molar-refractivity contribution in [3.05, 3.63) is 53.1 Å². The molecule has 0 radical (unpaired) electrons. The van der Waals surface area contributed by atoms with Gasteiger partial charge in [-0.25, -0.2) is 0 Å². The van der Waals surface area contributed by atoms with E-state index < -0.39 is 0 Å². The summed E-state index contributed by atoms with van der Waals surface area (Å²) >= 11 is 5.89. The molecule has 0 amide bonds. The van der Waals surface area contributed by atoms with Gasteiger partial charge in [-0.1, -0.05) is 35.9 Å². The highest BCUT2D eigenvalue weighted by atomic mass is 35.5. The number of halogens is 1. The number of hydrogen-bond donors (Lipinski definition) is 0. The van der Waals surface area contributed by atoms with Crippen LogP contribution in [0.3, 0.4) is 0 Å². The fraction of sp³-hybridized carbons (Fsp3) is 0.154. The largest absolute Gasteiger partial charge is 0.253 e. The average molecular weight is 218 g/mol. The van der Waals surface area contributed by atoms with Gasteiger partial charge >= 0.3 is 0 Å². The predicted molar refractivity (Wildman–Crippen MR) is 66.1 cm³/mol. The van der Waals surface area contributed by atoms with Crippen LogP contribution in [0.1, 0.15) is 13.3 Å². The van der Waals surface area contributed by atoms with Crippen LogP contribution in [0.4, 0.5) is 5.69 Å². The molecule has 0 N–H and O–H groups in total. The van der Waals surface area contributed by atoms with E-state index in [4.69, 9.17) is 11.6 Å². The maximum atomic E-state index is 5.89. The molecule has 1 nitrogen and oxygen atoms in total. The van der Waals surface area contributed by atoms with Crippen molar-refractivity contribution in [2.75, 3.05) is 0 Å². The number of allylic oxidation sites excluding steroid dienone is 4. The summed E-state index contributed by atoms with van der Waals surface area (Å²) < 4.78 is 0. The van der Waals surface area contributed by atoms with Crippen molar-refractivity contribution in [1.82, 2.24) is 0 Å². The second kappa shape index (κ2) is 4.45. The molecule has 1 aliphatic carbocycles. The molecule has 0 heterocycles. The molecule has 76 valence electrons. The normalized spacial score (nSPS) is 15.6. The number of nitrogens with zero attached hydrogens (tertiary/aromatic N) is 1. The Labute approximate surface area is 94.8 Å². The minimum absolute atomic E-state index is 0.725. The van der Waals surface area contributed by atoms with Gasteiger partial charge in [0.15, 0.2) is 0 Å². The minimum Gasteiger partial charge on any atom is -0.253 e. The average Bonchev–Trinajstić information content (AvgIpc) is 2.70. The van der Waals surface area contributed by atoms with Gasteiger partial charge in [0.2, 0.25) is 0 Å². The maximum Gasteiger partial charge on any atom is 0.0647 e. The van der Waals surface area contributed by atoms with Crippen LogP contribution in [0.15, 0.2) is 53.1 Å². The van der Waals surface area contributed by atoms with Crippen LogP contribution in [0.2, 0.25) is 5.02 Å². The number of hydrogen-bond acceptors (Lipinski definition) is 1. The first-order valence-corrected chi connectivity index (χ1v) is 5.30. The zero-order valence-electron chi connectivity index (χ0n) is 8.57. The van der Waals surface area contributed by atoms with Gasteiger partial charge in [0, 0.05) is 10.7 Å². The summed E-state index contributed by atoms with van der Waals surface area (Å²) in [5.41, 5.74) is 3.24. The number of rotatable bonds is 2. The molecule has 0 fully saturated rings. The van der Waals surface area contributed by atoms with E-state index in [0.717, 1.165) is 22.8 Å². The van der Waals surface area contributed by atoms with E-state index in [1.807, 2.05) is 31.2 Å². The second-order valence-corrected chi connectivity index (χ2v) is 3.94. The molecule has 0 bridgehead atoms. The Morgan fingerprint density at radius 1 is 1.40 bits per heavy atom. The molecule has 2 heteroatoms. The van der Waals surface area contributed by atoms with Gasteiger partial charge in [0.1, 0.15) is 0 Å². The molecule has 0 spiro atoms. The SMILES string of the molecule is CC(=Nc1cccc(Cl)c1)C1=CC=CC1. The summed E-state index contributed by atoms with van der Waals surface area (Å²) in [6.07, 6.45) is 7.28. The van der Waals surface area contributed by atoms with E-state index in [-0.39, 0.29) is 0 Å². The predicted octanol–water partition coefficient (Wildman–Crippen LogP) is 4.32. The summed E-state index contributed by atoms with van der Waals surface area (Å²) in [7, 11) is 0. The Balaban J connectivity index is 2.22. The van der Waals surface area contributed by atoms with E-state index in [9.17, 15) is 0 Å². The first kappa shape index (κ1) is 10.2. The van der Waals surface area contributed by atoms with Gasteiger partial charge in [0.05, 0.1) is 5.69 Å². The van der Waals surface area contributed by atoms with Gasteiger partial charge in [0.25, 0.3) is 0 Å². The molecule has 0 saturated heterocycles. The molecule has 1 aromatic carbocycles. The van der Waals surface area contributed by atoms with E-state index >= 15 is 0 Å². The smallest absolute Gasteiger partial charge is 0.0647 e. The summed E-state index contributed by atoms with van der Waals surface area (Å²) in [6, 6.07) is 7.59. The van der Waals surface area contributed by atoms with Crippen LogP contribution in [0.25, 0.3) is 0 Å². The van der Waals surface area contributed by atoms with E-state index in [1.54, 1.807) is 0 Å². The first-order chi connectivity index (χ1) is 7.25. The van der Waals surface area contributed by atoms with Gasteiger partial charge in [-0.3, -0.25) is 4.99 Å². The highest BCUT2D eigenvalue weighted by Crippen LogP contribution is 2.20. The molecule has 0 aliphatic heterocycles. The molecule has 0 atom stereocenters. The fourth-order valence-corrected chi connectivity index (χ4v) is 1.71. The number of aliphatic imine (C=N–C) groups is 1. The van der Waals surface area contributed by atoms with Gasteiger partial charge < -0.3 is 0 Å². The molecule has 1 aromatic rings. The lowest BCUT2D eigenvalue weighted by molar-refractivity contribution is 1.34. The third-order valence-corrected chi connectivity index (χ3v) is 2.58. The van der Waals surface area contributed by atoms with E-state index in [1.165, 1.54) is 5.57 Å². The Bertz CT molecular complexity index is 455. The van der Waals surface area contributed by atoms with Crippen molar-refractivity contribution >= 4 is 23.0 Å². The Morgan fingerprint density at radius 2 is 2.27 bits per heavy atom. The van der Waals surface area contributed by atoms with Crippen LogP contribution in [0, 0.1) is 0 Å². The van der Waals surface area contributed by atoms with Crippen LogP contribution in [-0.2, 0) is 0 Å². The molecule has 15 heavy (non-hydrogen) atoms. The standard InChI is InChI=1S/C13H12ClN/c1-10(11-5-2-3-6-11)15-13-8-4-7-12(14)9-13/h2-5,7-9H,6H2,1H3. The van der Waals surface area contributed by atoms with Gasteiger partial charge in [-0.15, -0.1) is 0 Å². The van der Waals surface area contributed by atoms with Crippen LogP contribution in [-0.4, -0.2) is 5.71 Å². The minimum atomic E-state index is 0.725. The van der Waals surface area contributed by atoms with Crippen LogP contribution >= 0.6 is 11.6 Å². The monoisotopic (exact) mass is 217 g/mol. The van der Waals surface area contributed by atoms with Crippen molar-refractivity contribution in [3.8, 4) is 0 Å². The Morgan fingerprint density at radius 3 is 2.93 bits per heavy atom. The van der Waals surface area contributed by atoms with Crippen molar-refractivity contribution in [2.45, 2.75) is 13.3 Å². The van der Waals surface area contributed by atoms with Gasteiger partial charge in [-0.05, 0) is 37.1 Å². The van der Waals surface area contributed by atoms with E-state index in [2.05, 4.69) is 23.2 Å². The molecule has 0 aromatic heterocycles. The third kappa shape index (κ3) is 2.57. The van der Waals surface area contributed by atoms with Crippen molar-refractivity contribution in [1.29, 1.82) is 0 Å². The summed E-state index contributed by atoms with van der Waals surface area (Å²) in [4.78, 5) is 4.53. The summed E-state index contributed by atoms with van der Waals surface area (Å²) in [6.45, 7) is 2.03. The summed E-state index contributed by atoms with van der Waals surface area (Å²) in [5, 5.41) is 0.725. The quantitative estimate of drug-likeness (QED) is 0.655. The third-order valence-electron chi connectivity index (χ3n) is 2.34. The highest BCUT2D eigenvalue weighted by Gasteiger charge is 2.03. The lowest BCUT2D eigenvalue weighted by atomic mass is 10.1. The molecule has 0 saturated carbocycles. The first-order valence-electron chi connectivity index (χ1n) is 4.92. The lowest BCUT2D eigenvalue weighted by Crippen LogP contribution is -1.93. The van der Waals surface area contributed by atoms with Crippen molar-refractivity contribution in [3.63, 3.8) is 0 Å². The van der Waals surface area contributed by atoms with Gasteiger partial charge in [-0.2, -0.15) is 0 Å². The maximum absolute atomic E-state index is 5.89. The number of benzene rings is 1.